The van der Waals surface area contributed by atoms with Crippen LogP contribution in [0.4, 0.5) is 0 Å². The number of fused-ring (bicyclic) bond motifs is 29. The van der Waals surface area contributed by atoms with Crippen molar-refractivity contribution in [1.82, 2.24) is 0 Å². The SMILES string of the molecule is Cc1cc(-c2c(C)ccc3c2oc2c4c(ccc23)-c2ccccc2C4(C)C)[n+](C)cc1C.Cc1cc(-c2c(C)ccc3c2oc2c4c(ccc23)-c2ccccc2C4(CC(C)C)CC(C)C)[n+](C)cc1C.Cc1cc(-c2c(C)ccc3c2oc2c4c(ccc23)-c2ccccc2C42CCCC2)[n+](C)cc1C.Cc1cc(-c2c(C)ccc3c2oc2cc4c(cc23)C(C)(C)c2ccccc2-4)[n+](C)cc1C. The van der Waals surface area contributed by atoms with Gasteiger partial charge in [0.2, 0.25) is 22.8 Å². The summed E-state index contributed by atoms with van der Waals surface area (Å²) in [6, 6.07) is 81.3. The average molecular weight is 1780 g/mol. The highest BCUT2D eigenvalue weighted by Gasteiger charge is 2.50. The molecule has 25 rings (SSSR count). The number of hydrogen-bond donors (Lipinski definition) is 0. The Bertz CT molecular complexity index is 8470. The normalized spacial score (nSPS) is 14.6. The Balaban J connectivity index is 0.000000105. The van der Waals surface area contributed by atoms with E-state index in [0.717, 1.165) is 57.5 Å². The Labute approximate surface area is 801 Å². The minimum absolute atomic E-state index is 0.0161. The molecule has 0 amide bonds. The summed E-state index contributed by atoms with van der Waals surface area (Å²) in [5, 5.41) is 9.69. The van der Waals surface area contributed by atoms with E-state index in [9.17, 15) is 0 Å². The van der Waals surface area contributed by atoms with E-state index in [2.05, 4.69) is 428 Å². The van der Waals surface area contributed by atoms with Crippen LogP contribution in [-0.2, 0) is 49.9 Å². The quantitative estimate of drug-likeness (QED) is 0.142. The smallest absolute Gasteiger partial charge is 0.216 e. The maximum atomic E-state index is 7.12. The van der Waals surface area contributed by atoms with E-state index in [-0.39, 0.29) is 21.7 Å². The summed E-state index contributed by atoms with van der Waals surface area (Å²) in [5.74, 6) is 1.14. The van der Waals surface area contributed by atoms with Gasteiger partial charge in [-0.05, 0) is 268 Å². The molecule has 0 N–H and O–H groups in total. The number of furan rings is 4. The largest absolute Gasteiger partial charge is 0.455 e. The second-order valence-electron chi connectivity index (χ2n) is 43.0. The number of rotatable bonds is 8. The molecule has 20 aromatic rings. The first-order valence-electron chi connectivity index (χ1n) is 49.4. The fourth-order valence-electron chi connectivity index (χ4n) is 25.5. The molecular weight excluding hydrogens is 1660 g/mol. The van der Waals surface area contributed by atoms with Crippen molar-refractivity contribution in [2.75, 3.05) is 0 Å². The third-order valence-electron chi connectivity index (χ3n) is 32.5. The van der Waals surface area contributed by atoms with Gasteiger partial charge in [0, 0.05) is 128 Å². The van der Waals surface area contributed by atoms with Crippen LogP contribution in [-0.4, -0.2) is 0 Å². The Morgan fingerprint density at radius 2 is 0.559 bits per heavy atom. The summed E-state index contributed by atoms with van der Waals surface area (Å²) in [5.41, 5.74) is 55.0. The molecule has 5 aliphatic carbocycles. The first-order chi connectivity index (χ1) is 65.2. The standard InChI is InChI=1S/C36H40NO.C32H30NO.2C30H28NO/c1-21(2)18-36(19-22(3)4)30-12-10-9-11-26(30)27-15-16-29-28-14-13-23(5)32(34(28)38-35(29)33(27)36)31-17-24(6)25(7)20-37(31)8;1-19-11-12-24-25-14-13-23-22-9-5-6-10-26(22)32(15-7-8-16-32)29(23)31(25)34-30(24)28(19)27-17-20(2)21(3)18-33(27)4;1-17-11-12-21-23-14-25-22(20-9-7-8-10-24(20)30(25,4)5)15-27(23)32-29(21)28(17)26-13-18(2)19(3)16-31(26)6;1-17-11-12-22-23-14-13-21-20-9-7-8-10-24(20)30(4,5)27(21)29(23)32-28(22)26(17)25-15-18(2)19(3)16-31(25)6/h9-17,20-22H,18-19H2,1-8H3;5-6,9-14,17-18H,7-8,15-16H2,1-4H3;2*7-16H,1-6H3/q4*+1. The maximum absolute atomic E-state index is 7.12. The summed E-state index contributed by atoms with van der Waals surface area (Å²) in [6.07, 6.45) is 16.1. The van der Waals surface area contributed by atoms with Crippen LogP contribution in [0.3, 0.4) is 0 Å². The van der Waals surface area contributed by atoms with Gasteiger partial charge in [0.05, 0.1) is 22.3 Å². The molecule has 8 heteroatoms. The topological polar surface area (TPSA) is 68.1 Å². The zero-order chi connectivity index (χ0) is 94.8. The highest BCUT2D eigenvalue weighted by atomic mass is 16.3. The average Bonchev–Trinajstić information content (AvgIpc) is 1.54. The van der Waals surface area contributed by atoms with E-state index in [1.807, 2.05) is 0 Å². The van der Waals surface area contributed by atoms with Crippen LogP contribution in [0.2, 0.25) is 0 Å². The van der Waals surface area contributed by atoms with Gasteiger partial charge in [0.1, 0.15) is 72.9 Å². The number of aromatic nitrogens is 4. The molecule has 678 valence electrons. The number of pyridine rings is 4. The van der Waals surface area contributed by atoms with E-state index >= 15 is 0 Å². The summed E-state index contributed by atoms with van der Waals surface area (Å²) in [7, 11) is 8.54. The van der Waals surface area contributed by atoms with Gasteiger partial charge in [-0.1, -0.05) is 232 Å². The zero-order valence-electron chi connectivity index (χ0n) is 83.9. The van der Waals surface area contributed by atoms with Crippen molar-refractivity contribution < 1.29 is 35.9 Å². The number of benzene rings is 12. The van der Waals surface area contributed by atoms with Crippen molar-refractivity contribution >= 4 is 87.8 Å². The third-order valence-corrected chi connectivity index (χ3v) is 32.5. The minimum Gasteiger partial charge on any atom is -0.455 e. The molecule has 1 fully saturated rings. The van der Waals surface area contributed by atoms with Crippen molar-refractivity contribution in [3.8, 4) is 89.5 Å². The van der Waals surface area contributed by atoms with E-state index in [1.54, 1.807) is 0 Å². The number of nitrogens with zero attached hydrogens (tertiary/aromatic N) is 4. The van der Waals surface area contributed by atoms with Crippen molar-refractivity contribution in [1.29, 1.82) is 0 Å². The fraction of sp³-hybridized carbons (Fsp3) is 0.281. The molecule has 8 heterocycles. The Hall–Kier alpha value is -13.6. The molecular formula is C128H126N4O4+4. The first kappa shape index (κ1) is 87.8. The molecule has 1 spiro atoms. The van der Waals surface area contributed by atoms with Crippen LogP contribution < -0.4 is 18.3 Å². The lowest BCUT2D eigenvalue weighted by atomic mass is 9.67. The monoisotopic (exact) mass is 1780 g/mol. The van der Waals surface area contributed by atoms with Crippen LogP contribution in [0.1, 0.15) is 205 Å². The Morgan fingerprint density at radius 3 is 0.963 bits per heavy atom. The maximum Gasteiger partial charge on any atom is 0.216 e. The highest BCUT2D eigenvalue weighted by Crippen LogP contribution is 2.63. The van der Waals surface area contributed by atoms with Gasteiger partial charge in [0.15, 0.2) is 24.8 Å². The van der Waals surface area contributed by atoms with Gasteiger partial charge < -0.3 is 17.7 Å². The van der Waals surface area contributed by atoms with Gasteiger partial charge in [-0.3, -0.25) is 0 Å². The third kappa shape index (κ3) is 13.2. The van der Waals surface area contributed by atoms with Crippen LogP contribution in [0.25, 0.3) is 177 Å². The molecule has 8 aromatic heterocycles. The molecule has 0 bridgehead atoms. The summed E-state index contributed by atoms with van der Waals surface area (Å²) < 4.78 is 36.5. The van der Waals surface area contributed by atoms with E-state index in [0.29, 0.717) is 11.8 Å². The van der Waals surface area contributed by atoms with Crippen LogP contribution in [0, 0.1) is 94.9 Å². The van der Waals surface area contributed by atoms with Crippen molar-refractivity contribution in [2.45, 2.75) is 199 Å². The molecule has 5 aliphatic rings. The fourth-order valence-corrected chi connectivity index (χ4v) is 25.5. The minimum atomic E-state index is -0.0976. The number of hydrogen-bond acceptors (Lipinski definition) is 4. The van der Waals surface area contributed by atoms with E-state index < -0.39 is 0 Å². The Morgan fingerprint density at radius 1 is 0.257 bits per heavy atom. The summed E-state index contributed by atoms with van der Waals surface area (Å²) in [4.78, 5) is 0. The molecule has 1 saturated carbocycles. The van der Waals surface area contributed by atoms with Crippen molar-refractivity contribution in [3.05, 3.63) is 354 Å². The zero-order valence-corrected chi connectivity index (χ0v) is 83.9. The highest BCUT2D eigenvalue weighted by molar-refractivity contribution is 6.17. The lowest BCUT2D eigenvalue weighted by molar-refractivity contribution is -0.660. The molecule has 136 heavy (non-hydrogen) atoms. The van der Waals surface area contributed by atoms with Crippen LogP contribution in [0.15, 0.2) is 261 Å². The van der Waals surface area contributed by atoms with Gasteiger partial charge in [-0.15, -0.1) is 0 Å². The van der Waals surface area contributed by atoms with Crippen LogP contribution >= 0.6 is 0 Å². The molecule has 0 unspecified atom stereocenters. The second-order valence-corrected chi connectivity index (χ2v) is 43.0. The van der Waals surface area contributed by atoms with Crippen molar-refractivity contribution in [3.63, 3.8) is 0 Å². The predicted molar refractivity (Wildman–Crippen MR) is 563 cm³/mol. The summed E-state index contributed by atoms with van der Waals surface area (Å²) >= 11 is 0. The molecule has 0 saturated heterocycles. The van der Waals surface area contributed by atoms with Crippen LogP contribution in [0.5, 0.6) is 0 Å². The van der Waals surface area contributed by atoms with Gasteiger partial charge >= 0.3 is 0 Å². The van der Waals surface area contributed by atoms with Gasteiger partial charge in [-0.2, -0.15) is 0 Å². The number of aryl methyl sites for hydroxylation is 16. The lowest BCUT2D eigenvalue weighted by Gasteiger charge is -2.35. The lowest BCUT2D eigenvalue weighted by Crippen LogP contribution is -2.31. The second kappa shape index (κ2) is 32.1. The molecule has 12 aromatic carbocycles. The Kier molecular flexibility index (Phi) is 20.7. The van der Waals surface area contributed by atoms with Gasteiger partial charge in [0.25, 0.3) is 0 Å². The first-order valence-corrected chi connectivity index (χ1v) is 49.4. The van der Waals surface area contributed by atoms with E-state index in [1.165, 1.54) is 270 Å². The molecule has 0 atom stereocenters. The molecule has 0 radical (unpaired) electrons. The molecule has 0 aliphatic heterocycles. The predicted octanol–water partition coefficient (Wildman–Crippen LogP) is 31.8. The van der Waals surface area contributed by atoms with E-state index in [4.69, 9.17) is 17.7 Å². The molecule has 8 nitrogen and oxygen atoms in total. The van der Waals surface area contributed by atoms with Gasteiger partial charge in [-0.25, -0.2) is 18.3 Å². The summed E-state index contributed by atoms with van der Waals surface area (Å²) in [6.45, 7) is 45.0. The van der Waals surface area contributed by atoms with Crippen molar-refractivity contribution in [2.24, 2.45) is 40.0 Å².